The summed E-state index contributed by atoms with van der Waals surface area (Å²) in [4.78, 5) is 37.6. The molecule has 140 valence electrons. The van der Waals surface area contributed by atoms with Gasteiger partial charge in [0, 0.05) is 0 Å². The molecule has 0 spiro atoms. The van der Waals surface area contributed by atoms with Crippen LogP contribution in [0, 0.1) is 0 Å². The number of imidazole rings is 1. The number of fused-ring (bicyclic) bond motifs is 1. The van der Waals surface area contributed by atoms with Crippen molar-refractivity contribution in [3.05, 3.63) is 70.6 Å². The predicted molar refractivity (Wildman–Crippen MR) is 100 cm³/mol. The molecular formula is C20H20N2O5. The van der Waals surface area contributed by atoms with Crippen molar-refractivity contribution in [1.82, 2.24) is 9.13 Å². The van der Waals surface area contributed by atoms with Gasteiger partial charge in [-0.15, -0.1) is 0 Å². The summed E-state index contributed by atoms with van der Waals surface area (Å²) in [5, 5.41) is 9.49. The second-order valence-corrected chi connectivity index (χ2v) is 7.11. The van der Waals surface area contributed by atoms with Crippen molar-refractivity contribution in [1.29, 1.82) is 0 Å². The van der Waals surface area contributed by atoms with Gasteiger partial charge in [0.25, 0.3) is 0 Å². The lowest BCUT2D eigenvalue weighted by Gasteiger charge is -2.25. The molecule has 1 N–H and O–H groups in total. The lowest BCUT2D eigenvalue weighted by atomic mass is 10.1. The van der Waals surface area contributed by atoms with Crippen LogP contribution in [0.3, 0.4) is 0 Å². The number of aromatic nitrogens is 2. The zero-order valence-electron chi connectivity index (χ0n) is 15.2. The molecule has 2 aromatic carbocycles. The standard InChI is InChI=1S/C20H20N2O5/c1-20(2,3)27-17(23)16(13-9-5-4-6-10-13)21-14-11-7-8-12-15(14)22(18(21)24)19(25)26/h4-12,16H,1-3H3,(H,25,26). The molecule has 1 atom stereocenters. The van der Waals surface area contributed by atoms with E-state index in [9.17, 15) is 19.5 Å². The molecule has 7 nitrogen and oxygen atoms in total. The van der Waals surface area contributed by atoms with Gasteiger partial charge in [-0.05, 0) is 38.5 Å². The molecule has 1 heterocycles. The van der Waals surface area contributed by atoms with Crippen LogP contribution in [0.15, 0.2) is 59.4 Å². The quantitative estimate of drug-likeness (QED) is 0.717. The maximum absolute atomic E-state index is 13.0. The van der Waals surface area contributed by atoms with Gasteiger partial charge in [-0.3, -0.25) is 4.57 Å². The van der Waals surface area contributed by atoms with Gasteiger partial charge in [-0.1, -0.05) is 42.5 Å². The Labute approximate surface area is 155 Å². The lowest BCUT2D eigenvalue weighted by Crippen LogP contribution is -2.37. The molecule has 3 rings (SSSR count). The number of carboxylic acid groups (broad SMARTS) is 1. The molecule has 0 bridgehead atoms. The highest BCUT2D eigenvalue weighted by atomic mass is 16.6. The fraction of sp³-hybridized carbons (Fsp3) is 0.250. The van der Waals surface area contributed by atoms with Crippen LogP contribution in [0.1, 0.15) is 32.4 Å². The average molecular weight is 368 g/mol. The lowest BCUT2D eigenvalue weighted by molar-refractivity contribution is -0.157. The molecule has 1 unspecified atom stereocenters. The van der Waals surface area contributed by atoms with Gasteiger partial charge in [0.2, 0.25) is 0 Å². The summed E-state index contributed by atoms with van der Waals surface area (Å²) in [6.07, 6.45) is -1.41. The first-order valence-corrected chi connectivity index (χ1v) is 8.44. The molecule has 3 aromatic rings. The minimum atomic E-state index is -1.41. The minimum Gasteiger partial charge on any atom is -0.464 e. The molecule has 0 radical (unpaired) electrons. The van der Waals surface area contributed by atoms with E-state index in [0.717, 1.165) is 0 Å². The third-order valence-electron chi connectivity index (χ3n) is 3.97. The van der Waals surface area contributed by atoms with Crippen molar-refractivity contribution in [3.63, 3.8) is 0 Å². The van der Waals surface area contributed by atoms with Crippen LogP contribution in [0.5, 0.6) is 0 Å². The Hall–Kier alpha value is -3.35. The van der Waals surface area contributed by atoms with Crippen molar-refractivity contribution < 1.29 is 19.4 Å². The number of hydrogen-bond donors (Lipinski definition) is 1. The molecule has 7 heteroatoms. The van der Waals surface area contributed by atoms with E-state index in [4.69, 9.17) is 4.74 Å². The van der Waals surface area contributed by atoms with Gasteiger partial charge in [0.1, 0.15) is 5.60 Å². The van der Waals surface area contributed by atoms with Crippen molar-refractivity contribution >= 4 is 23.1 Å². The molecular weight excluding hydrogens is 348 g/mol. The molecule has 0 saturated carbocycles. The van der Waals surface area contributed by atoms with Gasteiger partial charge >= 0.3 is 17.8 Å². The minimum absolute atomic E-state index is 0.208. The molecule has 0 saturated heterocycles. The number of para-hydroxylation sites is 2. The first-order chi connectivity index (χ1) is 12.7. The summed E-state index contributed by atoms with van der Waals surface area (Å²) in [5.41, 5.74) is -0.506. The first-order valence-electron chi connectivity index (χ1n) is 8.44. The van der Waals surface area contributed by atoms with Crippen LogP contribution in [0.2, 0.25) is 0 Å². The highest BCUT2D eigenvalue weighted by Gasteiger charge is 2.32. The molecule has 0 fully saturated rings. The molecule has 0 aliphatic heterocycles. The average Bonchev–Trinajstić information content (AvgIpc) is 2.87. The molecule has 0 aliphatic rings. The monoisotopic (exact) mass is 368 g/mol. The highest BCUT2D eigenvalue weighted by molar-refractivity contribution is 5.88. The number of esters is 1. The largest absolute Gasteiger partial charge is 0.464 e. The predicted octanol–water partition coefficient (Wildman–Crippen LogP) is 3.26. The topological polar surface area (TPSA) is 90.5 Å². The number of rotatable bonds is 3. The summed E-state index contributed by atoms with van der Waals surface area (Å²) in [6, 6.07) is 14.0. The second-order valence-electron chi connectivity index (χ2n) is 7.11. The number of nitrogens with zero attached hydrogens (tertiary/aromatic N) is 2. The van der Waals surface area contributed by atoms with Crippen LogP contribution >= 0.6 is 0 Å². The Morgan fingerprint density at radius 1 is 0.963 bits per heavy atom. The molecule has 0 aliphatic carbocycles. The molecule has 1 aromatic heterocycles. The smallest absolute Gasteiger partial charge is 0.420 e. The van der Waals surface area contributed by atoms with E-state index in [1.165, 1.54) is 10.6 Å². The van der Waals surface area contributed by atoms with Crippen LogP contribution in [-0.4, -0.2) is 31.9 Å². The SMILES string of the molecule is CC(C)(C)OC(=O)C(c1ccccc1)n1c(=O)n(C(=O)O)c2ccccc21. The number of carbonyl (C=O) groups is 2. The summed E-state index contributed by atoms with van der Waals surface area (Å²) >= 11 is 0. The van der Waals surface area contributed by atoms with Crippen LogP contribution in [0.4, 0.5) is 4.79 Å². The van der Waals surface area contributed by atoms with Crippen molar-refractivity contribution in [2.75, 3.05) is 0 Å². The van der Waals surface area contributed by atoms with Gasteiger partial charge in [-0.2, -0.15) is 4.57 Å². The van der Waals surface area contributed by atoms with Crippen LogP contribution in [0.25, 0.3) is 11.0 Å². The van der Waals surface area contributed by atoms with Crippen molar-refractivity contribution in [3.8, 4) is 0 Å². The third kappa shape index (κ3) is 3.48. The maximum Gasteiger partial charge on any atom is 0.420 e. The van der Waals surface area contributed by atoms with Gasteiger partial charge in [0.15, 0.2) is 6.04 Å². The Bertz CT molecular complexity index is 1060. The van der Waals surface area contributed by atoms with E-state index < -0.39 is 29.4 Å². The highest BCUT2D eigenvalue weighted by Crippen LogP contribution is 2.26. The third-order valence-corrected chi connectivity index (χ3v) is 3.97. The maximum atomic E-state index is 13.0. The van der Waals surface area contributed by atoms with E-state index in [-0.39, 0.29) is 5.52 Å². The summed E-state index contributed by atoms with van der Waals surface area (Å²) < 4.78 is 7.34. The zero-order valence-corrected chi connectivity index (χ0v) is 15.2. The number of hydrogen-bond acceptors (Lipinski definition) is 4. The Balaban J connectivity index is 2.31. The summed E-state index contributed by atoms with van der Waals surface area (Å²) in [6.45, 7) is 5.20. The molecule has 0 amide bonds. The van der Waals surface area contributed by atoms with Crippen molar-refractivity contribution in [2.24, 2.45) is 0 Å². The Morgan fingerprint density at radius 2 is 1.52 bits per heavy atom. The summed E-state index contributed by atoms with van der Waals surface area (Å²) in [7, 11) is 0. The number of carbonyl (C=O) groups excluding carboxylic acids is 1. The van der Waals surface area contributed by atoms with E-state index in [0.29, 0.717) is 15.6 Å². The van der Waals surface area contributed by atoms with Crippen LogP contribution in [-0.2, 0) is 9.53 Å². The zero-order chi connectivity index (χ0) is 19.8. The number of ether oxygens (including phenoxy) is 1. The second kappa shape index (κ2) is 6.75. The van der Waals surface area contributed by atoms with Gasteiger partial charge in [-0.25, -0.2) is 14.4 Å². The Kier molecular flexibility index (Phi) is 4.61. The number of benzene rings is 2. The van der Waals surface area contributed by atoms with E-state index in [1.807, 2.05) is 0 Å². The van der Waals surface area contributed by atoms with Gasteiger partial charge in [0.05, 0.1) is 11.0 Å². The molecule has 27 heavy (non-hydrogen) atoms. The summed E-state index contributed by atoms with van der Waals surface area (Å²) in [5.74, 6) is -0.635. The normalized spacial score (nSPS) is 12.7. The first kappa shape index (κ1) is 18.4. The fourth-order valence-corrected chi connectivity index (χ4v) is 2.99. The van der Waals surface area contributed by atoms with E-state index in [2.05, 4.69) is 0 Å². The Morgan fingerprint density at radius 3 is 2.07 bits per heavy atom. The van der Waals surface area contributed by atoms with Crippen molar-refractivity contribution in [2.45, 2.75) is 32.4 Å². The van der Waals surface area contributed by atoms with Crippen LogP contribution < -0.4 is 5.69 Å². The fourth-order valence-electron chi connectivity index (χ4n) is 2.99. The van der Waals surface area contributed by atoms with E-state index in [1.54, 1.807) is 69.3 Å². The van der Waals surface area contributed by atoms with Gasteiger partial charge < -0.3 is 9.84 Å². The van der Waals surface area contributed by atoms with E-state index >= 15 is 0 Å².